The number of nitrogens with zero attached hydrogens (tertiary/aromatic N) is 4. The average Bonchev–Trinajstić information content (AvgIpc) is 2.76. The van der Waals surface area contributed by atoms with Gasteiger partial charge in [-0.3, -0.25) is 0 Å². The van der Waals surface area contributed by atoms with E-state index in [1.165, 1.54) is 38.5 Å². The number of aromatic nitrogens is 3. The van der Waals surface area contributed by atoms with Gasteiger partial charge in [-0.1, -0.05) is 25.7 Å². The summed E-state index contributed by atoms with van der Waals surface area (Å²) in [7, 11) is 2.08. The van der Waals surface area contributed by atoms with Gasteiger partial charge in [0, 0.05) is 19.6 Å². The van der Waals surface area contributed by atoms with E-state index in [9.17, 15) is 0 Å². The van der Waals surface area contributed by atoms with Crippen molar-refractivity contribution in [1.29, 1.82) is 0 Å². The van der Waals surface area contributed by atoms with Crippen LogP contribution < -0.4 is 15.0 Å². The Morgan fingerprint density at radius 2 is 1.81 bits per heavy atom. The van der Waals surface area contributed by atoms with E-state index in [2.05, 4.69) is 32.2 Å². The van der Waals surface area contributed by atoms with Crippen LogP contribution in [0.25, 0.3) is 0 Å². The van der Waals surface area contributed by atoms with Gasteiger partial charge in [0.2, 0.25) is 11.9 Å². The van der Waals surface area contributed by atoms with Crippen LogP contribution in [-0.4, -0.2) is 41.2 Å². The highest BCUT2D eigenvalue weighted by atomic mass is 16.5. The molecule has 0 unspecified atom stereocenters. The van der Waals surface area contributed by atoms with E-state index in [1.54, 1.807) is 0 Å². The zero-order chi connectivity index (χ0) is 15.1. The fraction of sp³-hybridized carbons (Fsp3) is 0.800. The van der Waals surface area contributed by atoms with Crippen LogP contribution in [0.4, 0.5) is 11.9 Å². The van der Waals surface area contributed by atoms with Crippen molar-refractivity contribution in [3.8, 4) is 6.01 Å². The predicted octanol–water partition coefficient (Wildman–Crippen LogP) is 2.86. The Balaban J connectivity index is 2.18. The van der Waals surface area contributed by atoms with E-state index >= 15 is 0 Å². The highest BCUT2D eigenvalue weighted by molar-refractivity contribution is 5.38. The highest BCUT2D eigenvalue weighted by Crippen LogP contribution is 2.24. The van der Waals surface area contributed by atoms with Gasteiger partial charge >= 0.3 is 6.01 Å². The number of anilines is 2. The predicted molar refractivity (Wildman–Crippen MR) is 85.1 cm³/mol. The second-order valence-electron chi connectivity index (χ2n) is 5.46. The molecular formula is C15H27N5O. The number of hydrogen-bond acceptors (Lipinski definition) is 6. The largest absolute Gasteiger partial charge is 0.464 e. The zero-order valence-electron chi connectivity index (χ0n) is 13.4. The van der Waals surface area contributed by atoms with Crippen molar-refractivity contribution in [2.24, 2.45) is 0 Å². The standard InChI is InChI=1S/C15H27N5O/c1-4-16-13-17-14(19-15(18-13)21-5-2)20(3)12-10-8-6-7-9-11-12/h12H,4-11H2,1-3H3,(H,16,17,18,19). The van der Waals surface area contributed by atoms with E-state index in [0.717, 1.165) is 6.54 Å². The van der Waals surface area contributed by atoms with E-state index in [0.29, 0.717) is 30.6 Å². The molecule has 6 nitrogen and oxygen atoms in total. The van der Waals surface area contributed by atoms with E-state index < -0.39 is 0 Å². The molecule has 0 saturated heterocycles. The van der Waals surface area contributed by atoms with E-state index in [-0.39, 0.29) is 0 Å². The molecule has 1 aliphatic carbocycles. The highest BCUT2D eigenvalue weighted by Gasteiger charge is 2.20. The van der Waals surface area contributed by atoms with Gasteiger partial charge in [0.15, 0.2) is 0 Å². The second-order valence-corrected chi connectivity index (χ2v) is 5.46. The summed E-state index contributed by atoms with van der Waals surface area (Å²) in [6.45, 7) is 5.30. The molecule has 1 aliphatic rings. The van der Waals surface area contributed by atoms with E-state index in [1.807, 2.05) is 13.8 Å². The molecule has 21 heavy (non-hydrogen) atoms. The summed E-state index contributed by atoms with van der Waals surface area (Å²) in [6.07, 6.45) is 7.69. The average molecular weight is 293 g/mol. The van der Waals surface area contributed by atoms with Crippen LogP contribution in [0.5, 0.6) is 6.01 Å². The Morgan fingerprint density at radius 1 is 1.10 bits per heavy atom. The molecule has 6 heteroatoms. The summed E-state index contributed by atoms with van der Waals surface area (Å²) in [5.41, 5.74) is 0. The molecular weight excluding hydrogens is 266 g/mol. The number of nitrogens with one attached hydrogen (secondary N) is 1. The molecule has 1 saturated carbocycles. The van der Waals surface area contributed by atoms with Gasteiger partial charge in [-0.15, -0.1) is 0 Å². The van der Waals surface area contributed by atoms with Crippen molar-refractivity contribution >= 4 is 11.9 Å². The SMILES string of the molecule is CCNc1nc(OCC)nc(N(C)C2CCCCCC2)n1. The number of rotatable bonds is 6. The Bertz CT molecular complexity index is 408. The number of hydrogen-bond donors (Lipinski definition) is 1. The zero-order valence-corrected chi connectivity index (χ0v) is 13.4. The lowest BCUT2D eigenvalue weighted by Gasteiger charge is -2.27. The molecule has 1 heterocycles. The van der Waals surface area contributed by atoms with Gasteiger partial charge in [-0.05, 0) is 26.7 Å². The van der Waals surface area contributed by atoms with Crippen LogP contribution in [-0.2, 0) is 0 Å². The quantitative estimate of drug-likeness (QED) is 0.814. The third-order valence-corrected chi connectivity index (χ3v) is 3.90. The molecule has 1 fully saturated rings. The lowest BCUT2D eigenvalue weighted by Crippen LogP contribution is -2.33. The normalized spacial score (nSPS) is 16.3. The van der Waals surface area contributed by atoms with Gasteiger partial charge in [0.1, 0.15) is 0 Å². The van der Waals surface area contributed by atoms with Crippen LogP contribution in [0.1, 0.15) is 52.4 Å². The van der Waals surface area contributed by atoms with Crippen LogP contribution in [0.2, 0.25) is 0 Å². The summed E-state index contributed by atoms with van der Waals surface area (Å²) < 4.78 is 5.47. The van der Waals surface area contributed by atoms with Crippen LogP contribution in [0, 0.1) is 0 Å². The first-order valence-corrected chi connectivity index (χ1v) is 8.10. The molecule has 0 atom stereocenters. The van der Waals surface area contributed by atoms with Gasteiger partial charge in [0.05, 0.1) is 6.61 Å². The molecule has 0 radical (unpaired) electrons. The molecule has 0 aromatic carbocycles. The minimum absolute atomic E-state index is 0.402. The topological polar surface area (TPSA) is 63.2 Å². The van der Waals surface area contributed by atoms with Crippen LogP contribution >= 0.6 is 0 Å². The smallest absolute Gasteiger partial charge is 0.323 e. The Hall–Kier alpha value is -1.59. The Kier molecular flexibility index (Phi) is 6.02. The molecule has 0 bridgehead atoms. The lowest BCUT2D eigenvalue weighted by molar-refractivity contribution is 0.311. The molecule has 0 aliphatic heterocycles. The van der Waals surface area contributed by atoms with Crippen LogP contribution in [0.3, 0.4) is 0 Å². The summed E-state index contributed by atoms with van der Waals surface area (Å²) in [5.74, 6) is 1.29. The number of ether oxygens (including phenoxy) is 1. The van der Waals surface area contributed by atoms with Crippen molar-refractivity contribution in [1.82, 2.24) is 15.0 Å². The third kappa shape index (κ3) is 4.44. The molecule has 2 rings (SSSR count). The maximum absolute atomic E-state index is 5.47. The van der Waals surface area contributed by atoms with E-state index in [4.69, 9.17) is 4.74 Å². The first-order valence-electron chi connectivity index (χ1n) is 8.10. The summed E-state index contributed by atoms with van der Waals surface area (Å²) in [4.78, 5) is 15.4. The first kappa shape index (κ1) is 15.8. The fourth-order valence-corrected chi connectivity index (χ4v) is 2.74. The minimum atomic E-state index is 0.402. The van der Waals surface area contributed by atoms with Crippen molar-refractivity contribution in [2.45, 2.75) is 58.4 Å². The summed E-state index contributed by atoms with van der Waals surface area (Å²) in [5, 5.41) is 3.15. The van der Waals surface area contributed by atoms with Gasteiger partial charge < -0.3 is 15.0 Å². The summed E-state index contributed by atoms with van der Waals surface area (Å²) >= 11 is 0. The van der Waals surface area contributed by atoms with Gasteiger partial charge in [0.25, 0.3) is 0 Å². The maximum atomic E-state index is 5.47. The molecule has 118 valence electrons. The van der Waals surface area contributed by atoms with Crippen molar-refractivity contribution in [2.75, 3.05) is 30.4 Å². The lowest BCUT2D eigenvalue weighted by atomic mass is 10.1. The molecule has 0 spiro atoms. The fourth-order valence-electron chi connectivity index (χ4n) is 2.74. The molecule has 1 N–H and O–H groups in total. The molecule has 1 aromatic rings. The van der Waals surface area contributed by atoms with Gasteiger partial charge in [-0.25, -0.2) is 0 Å². The second kappa shape index (κ2) is 8.00. The first-order chi connectivity index (χ1) is 10.2. The van der Waals surface area contributed by atoms with Crippen molar-refractivity contribution < 1.29 is 4.74 Å². The monoisotopic (exact) mass is 293 g/mol. The van der Waals surface area contributed by atoms with Gasteiger partial charge in [-0.2, -0.15) is 15.0 Å². The minimum Gasteiger partial charge on any atom is -0.464 e. The summed E-state index contributed by atoms with van der Waals surface area (Å²) in [6, 6.07) is 0.915. The van der Waals surface area contributed by atoms with Crippen molar-refractivity contribution in [3.05, 3.63) is 0 Å². The van der Waals surface area contributed by atoms with Crippen LogP contribution in [0.15, 0.2) is 0 Å². The Labute approximate surface area is 127 Å². The maximum Gasteiger partial charge on any atom is 0.323 e. The molecule has 1 aromatic heterocycles. The molecule has 0 amide bonds. The Morgan fingerprint density at radius 3 is 2.43 bits per heavy atom. The third-order valence-electron chi connectivity index (χ3n) is 3.90. The van der Waals surface area contributed by atoms with Crippen molar-refractivity contribution in [3.63, 3.8) is 0 Å².